The van der Waals surface area contributed by atoms with E-state index < -0.39 is 0 Å². The van der Waals surface area contributed by atoms with E-state index in [1.807, 2.05) is 36.1 Å². The van der Waals surface area contributed by atoms with E-state index in [9.17, 15) is 9.18 Å². The van der Waals surface area contributed by atoms with Crippen molar-refractivity contribution in [1.29, 1.82) is 0 Å². The van der Waals surface area contributed by atoms with Crippen LogP contribution in [0.25, 0.3) is 0 Å². The Morgan fingerprint density at radius 2 is 1.77 bits per heavy atom. The number of halogens is 3. The van der Waals surface area contributed by atoms with Crippen LogP contribution in [0, 0.1) is 5.82 Å². The van der Waals surface area contributed by atoms with Gasteiger partial charge in [0.2, 0.25) is 0 Å². The minimum atomic E-state index is -0.349. The molecule has 0 aliphatic carbocycles. The van der Waals surface area contributed by atoms with Gasteiger partial charge in [0.25, 0.3) is 5.91 Å². The first-order chi connectivity index (χ1) is 13.6. The zero-order valence-corrected chi connectivity index (χ0v) is 19.1. The van der Waals surface area contributed by atoms with Crippen molar-refractivity contribution in [3.8, 4) is 0 Å². The Kier molecular flexibility index (Phi) is 11.1. The molecule has 0 radical (unpaired) electrons. The van der Waals surface area contributed by atoms with E-state index in [0.29, 0.717) is 16.9 Å². The van der Waals surface area contributed by atoms with Crippen LogP contribution < -0.4 is 15.5 Å². The second-order valence-corrected chi connectivity index (χ2v) is 7.02. The second-order valence-electron chi connectivity index (χ2n) is 7.02. The Bertz CT molecular complexity index is 813. The van der Waals surface area contributed by atoms with E-state index in [-0.39, 0.29) is 36.5 Å². The summed E-state index contributed by atoms with van der Waals surface area (Å²) >= 11 is 0. The highest BCUT2D eigenvalue weighted by Gasteiger charge is 2.19. The number of anilines is 2. The lowest BCUT2D eigenvalue weighted by molar-refractivity contribution is 0.102. The lowest BCUT2D eigenvalue weighted by Gasteiger charge is -2.35. The molecule has 3 rings (SSSR count). The fourth-order valence-corrected chi connectivity index (χ4v) is 3.44. The van der Waals surface area contributed by atoms with Gasteiger partial charge in [-0.25, -0.2) is 4.39 Å². The van der Waals surface area contributed by atoms with Crippen molar-refractivity contribution in [2.75, 3.05) is 49.5 Å². The average molecular weight is 457 g/mol. The number of nitrogens with one attached hydrogen (secondary N) is 2. The number of benzene rings is 2. The van der Waals surface area contributed by atoms with Gasteiger partial charge in [0.15, 0.2) is 0 Å². The lowest BCUT2D eigenvalue weighted by Crippen LogP contribution is -2.46. The molecular formula is C22H31Cl2FN4O. The van der Waals surface area contributed by atoms with Gasteiger partial charge in [-0.3, -0.25) is 4.79 Å². The summed E-state index contributed by atoms with van der Waals surface area (Å²) in [6.45, 7) is 10.3. The lowest BCUT2D eigenvalue weighted by atomic mass is 10.1. The molecule has 1 fully saturated rings. The Morgan fingerprint density at radius 3 is 2.40 bits per heavy atom. The molecule has 1 saturated heterocycles. The first-order valence-corrected chi connectivity index (χ1v) is 9.98. The molecule has 30 heavy (non-hydrogen) atoms. The number of nitrogens with zero attached hydrogens (tertiary/aromatic N) is 2. The number of carbonyl (C=O) groups is 1. The third-order valence-electron chi connectivity index (χ3n) is 5.13. The minimum absolute atomic E-state index is 0. The van der Waals surface area contributed by atoms with Crippen LogP contribution in [-0.4, -0.2) is 50.1 Å². The molecular weight excluding hydrogens is 426 g/mol. The summed E-state index contributed by atoms with van der Waals surface area (Å²) in [4.78, 5) is 16.9. The van der Waals surface area contributed by atoms with E-state index in [2.05, 4.69) is 22.5 Å². The van der Waals surface area contributed by atoms with Crippen molar-refractivity contribution in [2.45, 2.75) is 20.4 Å². The number of hydrogen-bond donors (Lipinski definition) is 2. The van der Waals surface area contributed by atoms with Crippen LogP contribution in [0.2, 0.25) is 0 Å². The molecule has 5 nitrogen and oxygen atoms in total. The predicted molar refractivity (Wildman–Crippen MR) is 127 cm³/mol. The first-order valence-electron chi connectivity index (χ1n) is 9.98. The average Bonchev–Trinajstić information content (AvgIpc) is 2.72. The summed E-state index contributed by atoms with van der Waals surface area (Å²) in [5, 5.41) is 6.12. The number of likely N-dealkylation sites (N-methyl/N-ethyl adjacent to an activating group) is 1. The third-order valence-corrected chi connectivity index (χ3v) is 5.13. The predicted octanol–water partition coefficient (Wildman–Crippen LogP) is 4.17. The van der Waals surface area contributed by atoms with Crippen LogP contribution in [0.4, 0.5) is 15.8 Å². The highest BCUT2D eigenvalue weighted by Crippen LogP contribution is 2.23. The number of rotatable bonds is 7. The van der Waals surface area contributed by atoms with Crippen LogP contribution >= 0.6 is 24.8 Å². The monoisotopic (exact) mass is 456 g/mol. The third kappa shape index (κ3) is 6.84. The number of carbonyl (C=O) groups excluding carboxylic acids is 1. The molecule has 0 spiro atoms. The highest BCUT2D eigenvalue weighted by molar-refractivity contribution is 6.04. The maximum absolute atomic E-state index is 14.7. The topological polar surface area (TPSA) is 47.6 Å². The van der Waals surface area contributed by atoms with Gasteiger partial charge < -0.3 is 20.4 Å². The largest absolute Gasteiger partial charge is 0.367 e. The summed E-state index contributed by atoms with van der Waals surface area (Å²) in [7, 11) is 0. The van der Waals surface area contributed by atoms with Gasteiger partial charge in [0.05, 0.1) is 5.69 Å². The van der Waals surface area contributed by atoms with Gasteiger partial charge in [0, 0.05) is 44.0 Å². The molecule has 2 aromatic rings. The van der Waals surface area contributed by atoms with Crippen molar-refractivity contribution in [2.24, 2.45) is 0 Å². The van der Waals surface area contributed by atoms with E-state index in [1.54, 1.807) is 12.1 Å². The van der Waals surface area contributed by atoms with Crippen molar-refractivity contribution in [3.05, 3.63) is 59.4 Å². The number of amides is 1. The molecule has 0 atom stereocenters. The fourth-order valence-electron chi connectivity index (χ4n) is 3.44. The highest BCUT2D eigenvalue weighted by atomic mass is 35.5. The van der Waals surface area contributed by atoms with Gasteiger partial charge in [0.1, 0.15) is 5.82 Å². The van der Waals surface area contributed by atoms with E-state index in [0.717, 1.165) is 51.4 Å². The summed E-state index contributed by atoms with van der Waals surface area (Å²) in [5.74, 6) is -0.652. The quantitative estimate of drug-likeness (QED) is 0.655. The molecule has 1 aliphatic heterocycles. The summed E-state index contributed by atoms with van der Waals surface area (Å²) < 4.78 is 14.7. The van der Waals surface area contributed by atoms with Crippen LogP contribution in [0.1, 0.15) is 29.8 Å². The minimum Gasteiger partial charge on any atom is -0.367 e. The van der Waals surface area contributed by atoms with Crippen LogP contribution in [-0.2, 0) is 6.54 Å². The summed E-state index contributed by atoms with van der Waals surface area (Å²) in [5.41, 5.74) is 2.69. The summed E-state index contributed by atoms with van der Waals surface area (Å²) in [6.07, 6.45) is 0. The van der Waals surface area contributed by atoms with Gasteiger partial charge in [-0.1, -0.05) is 26.0 Å². The van der Waals surface area contributed by atoms with Gasteiger partial charge in [-0.2, -0.15) is 0 Å². The fraction of sp³-hybridized carbons (Fsp3) is 0.409. The smallest absolute Gasteiger partial charge is 0.255 e. The second kappa shape index (κ2) is 12.7. The standard InChI is InChI=1S/C22H29FN4O.2ClH/c1-3-24-16-17-6-5-7-19(14-17)25-22(28)18-8-9-21(20(23)15-18)27-12-10-26(4-2)11-13-27;;/h5-9,14-15,24H,3-4,10-13,16H2,1-2H3,(H,25,28);2*1H. The Hall–Kier alpha value is -1.86. The van der Waals surface area contributed by atoms with Crippen molar-refractivity contribution in [3.63, 3.8) is 0 Å². The normalized spacial score (nSPS) is 13.9. The molecule has 0 unspecified atom stereocenters. The zero-order valence-electron chi connectivity index (χ0n) is 17.5. The van der Waals surface area contributed by atoms with Crippen molar-refractivity contribution < 1.29 is 9.18 Å². The maximum atomic E-state index is 14.7. The molecule has 1 aliphatic rings. The number of piperazine rings is 1. The summed E-state index contributed by atoms with van der Waals surface area (Å²) in [6, 6.07) is 12.4. The van der Waals surface area contributed by atoms with Crippen molar-refractivity contribution >= 4 is 42.1 Å². The van der Waals surface area contributed by atoms with E-state index in [1.165, 1.54) is 6.07 Å². The SMILES string of the molecule is CCNCc1cccc(NC(=O)c2ccc(N3CCN(CC)CC3)c(F)c2)c1.Cl.Cl. The molecule has 2 N–H and O–H groups in total. The maximum Gasteiger partial charge on any atom is 0.255 e. The molecule has 166 valence electrons. The molecule has 0 aromatic heterocycles. The van der Waals surface area contributed by atoms with Gasteiger partial charge in [-0.15, -0.1) is 24.8 Å². The Balaban J connectivity index is 0.00000225. The van der Waals surface area contributed by atoms with E-state index >= 15 is 0 Å². The van der Waals surface area contributed by atoms with Crippen LogP contribution in [0.3, 0.4) is 0 Å². The van der Waals surface area contributed by atoms with E-state index in [4.69, 9.17) is 0 Å². The molecule has 0 bridgehead atoms. The molecule has 2 aromatic carbocycles. The molecule has 1 heterocycles. The molecule has 8 heteroatoms. The number of hydrogen-bond acceptors (Lipinski definition) is 4. The molecule has 1 amide bonds. The van der Waals surface area contributed by atoms with Crippen LogP contribution in [0.5, 0.6) is 0 Å². The first kappa shape index (κ1) is 26.2. The van der Waals surface area contributed by atoms with Gasteiger partial charge >= 0.3 is 0 Å². The molecule has 0 saturated carbocycles. The Labute approximate surface area is 190 Å². The van der Waals surface area contributed by atoms with Crippen LogP contribution in [0.15, 0.2) is 42.5 Å². The van der Waals surface area contributed by atoms with Gasteiger partial charge in [-0.05, 0) is 49.0 Å². The Morgan fingerprint density at radius 1 is 1.03 bits per heavy atom. The zero-order chi connectivity index (χ0) is 19.9. The van der Waals surface area contributed by atoms with Crippen molar-refractivity contribution in [1.82, 2.24) is 10.2 Å².